The van der Waals surface area contributed by atoms with Crippen LogP contribution in [0.5, 0.6) is 0 Å². The molecule has 0 bridgehead atoms. The first kappa shape index (κ1) is 16.7. The van der Waals surface area contributed by atoms with Crippen molar-refractivity contribution in [2.24, 2.45) is 0 Å². The summed E-state index contributed by atoms with van der Waals surface area (Å²) in [5.74, 6) is 0.482. The molecular weight excluding hydrogens is 356 g/mol. The van der Waals surface area contributed by atoms with Crippen LogP contribution >= 0.6 is 15.9 Å². The van der Waals surface area contributed by atoms with E-state index in [0.29, 0.717) is 19.7 Å². The van der Waals surface area contributed by atoms with E-state index in [1.165, 1.54) is 5.56 Å². The number of sulfone groups is 1. The van der Waals surface area contributed by atoms with E-state index in [4.69, 9.17) is 4.74 Å². The molecule has 1 saturated heterocycles. The van der Waals surface area contributed by atoms with Gasteiger partial charge in [-0.25, -0.2) is 8.42 Å². The summed E-state index contributed by atoms with van der Waals surface area (Å²) >= 11 is 3.59. The van der Waals surface area contributed by atoms with Gasteiger partial charge in [0.15, 0.2) is 9.84 Å². The third-order valence-electron chi connectivity index (χ3n) is 3.54. The Morgan fingerprint density at radius 2 is 2.05 bits per heavy atom. The monoisotopic (exact) mass is 376 g/mol. The Morgan fingerprint density at radius 3 is 2.67 bits per heavy atom. The number of nitrogens with one attached hydrogen (secondary N) is 1. The molecule has 0 radical (unpaired) electrons. The summed E-state index contributed by atoms with van der Waals surface area (Å²) < 4.78 is 29.0. The Morgan fingerprint density at radius 1 is 1.33 bits per heavy atom. The molecule has 0 atom stereocenters. The highest BCUT2D eigenvalue weighted by atomic mass is 79.9. The molecule has 5 nitrogen and oxygen atoms in total. The molecule has 0 spiro atoms. The molecule has 118 valence electrons. The molecule has 0 amide bonds. The van der Waals surface area contributed by atoms with Gasteiger partial charge in [-0.2, -0.15) is 0 Å². The molecular formula is C14H21BrN2O3S. The molecule has 1 aromatic rings. The van der Waals surface area contributed by atoms with Crippen LogP contribution in [-0.4, -0.2) is 53.3 Å². The van der Waals surface area contributed by atoms with E-state index in [1.54, 1.807) is 7.11 Å². The number of nitrogens with zero attached hydrogens (tertiary/aromatic N) is 1. The van der Waals surface area contributed by atoms with Crippen molar-refractivity contribution < 1.29 is 13.2 Å². The number of halogens is 1. The molecule has 1 fully saturated rings. The molecule has 1 N–H and O–H groups in total. The zero-order chi connectivity index (χ0) is 15.3. The Kier molecular flexibility index (Phi) is 6.04. The maximum atomic E-state index is 11.5. The molecule has 1 heterocycles. The number of rotatable bonds is 6. The van der Waals surface area contributed by atoms with Gasteiger partial charge in [-0.1, -0.05) is 22.0 Å². The Labute approximate surface area is 134 Å². The zero-order valence-corrected chi connectivity index (χ0v) is 14.5. The van der Waals surface area contributed by atoms with Crippen molar-refractivity contribution in [2.75, 3.05) is 49.8 Å². The first-order valence-electron chi connectivity index (χ1n) is 6.95. The predicted molar refractivity (Wildman–Crippen MR) is 88.6 cm³/mol. The SMILES string of the molecule is COCCNCc1ccc(N2CCS(=O)(=O)CC2)cc1Br. The molecule has 0 saturated carbocycles. The van der Waals surface area contributed by atoms with Crippen LogP contribution in [0.1, 0.15) is 5.56 Å². The molecule has 0 aliphatic carbocycles. The third kappa shape index (κ3) is 4.95. The smallest absolute Gasteiger partial charge is 0.153 e. The molecule has 0 unspecified atom stereocenters. The number of hydrogen-bond acceptors (Lipinski definition) is 5. The van der Waals surface area contributed by atoms with Crippen molar-refractivity contribution in [1.82, 2.24) is 5.32 Å². The van der Waals surface area contributed by atoms with Crippen molar-refractivity contribution in [3.05, 3.63) is 28.2 Å². The highest BCUT2D eigenvalue weighted by Crippen LogP contribution is 2.25. The number of ether oxygens (including phenoxy) is 1. The van der Waals surface area contributed by atoms with Crippen LogP contribution < -0.4 is 10.2 Å². The van der Waals surface area contributed by atoms with Crippen LogP contribution in [0.2, 0.25) is 0 Å². The van der Waals surface area contributed by atoms with Gasteiger partial charge in [-0.15, -0.1) is 0 Å². The Balaban J connectivity index is 1.95. The first-order chi connectivity index (χ1) is 10.0. The summed E-state index contributed by atoms with van der Waals surface area (Å²) in [4.78, 5) is 2.12. The molecule has 0 aromatic heterocycles. The fourth-order valence-corrected chi connectivity index (χ4v) is 3.95. The van der Waals surface area contributed by atoms with Crippen molar-refractivity contribution >= 4 is 31.5 Å². The van der Waals surface area contributed by atoms with Crippen LogP contribution in [0.25, 0.3) is 0 Å². The average Bonchev–Trinajstić information content (AvgIpc) is 2.45. The fraction of sp³-hybridized carbons (Fsp3) is 0.571. The van der Waals surface area contributed by atoms with Crippen LogP contribution in [0, 0.1) is 0 Å². The fourth-order valence-electron chi connectivity index (χ4n) is 2.24. The molecule has 21 heavy (non-hydrogen) atoms. The topological polar surface area (TPSA) is 58.6 Å². The summed E-state index contributed by atoms with van der Waals surface area (Å²) in [7, 11) is -1.15. The Hall–Kier alpha value is -0.630. The summed E-state index contributed by atoms with van der Waals surface area (Å²) in [5, 5.41) is 3.31. The summed E-state index contributed by atoms with van der Waals surface area (Å²) in [6, 6.07) is 6.18. The summed E-state index contributed by atoms with van der Waals surface area (Å²) in [6.07, 6.45) is 0. The maximum Gasteiger partial charge on any atom is 0.153 e. The van der Waals surface area contributed by atoms with Gasteiger partial charge in [0.05, 0.1) is 18.1 Å². The average molecular weight is 377 g/mol. The number of anilines is 1. The quantitative estimate of drug-likeness (QED) is 0.760. The van der Waals surface area contributed by atoms with Gasteiger partial charge < -0.3 is 15.0 Å². The first-order valence-corrected chi connectivity index (χ1v) is 9.57. The summed E-state index contributed by atoms with van der Waals surface area (Å²) in [6.45, 7) is 3.42. The second kappa shape index (κ2) is 7.58. The van der Waals surface area contributed by atoms with E-state index in [9.17, 15) is 8.42 Å². The highest BCUT2D eigenvalue weighted by molar-refractivity contribution is 9.10. The van der Waals surface area contributed by atoms with E-state index in [2.05, 4.69) is 44.3 Å². The highest BCUT2D eigenvalue weighted by Gasteiger charge is 2.21. The standard InChI is InChI=1S/C14H21BrN2O3S/c1-20-7-4-16-11-12-2-3-13(10-14(12)15)17-5-8-21(18,19)9-6-17/h2-3,10,16H,4-9,11H2,1H3. The second-order valence-corrected chi connectivity index (χ2v) is 8.24. The third-order valence-corrected chi connectivity index (χ3v) is 5.89. The molecule has 1 aliphatic heterocycles. The van der Waals surface area contributed by atoms with Gasteiger partial charge in [0, 0.05) is 43.4 Å². The zero-order valence-electron chi connectivity index (χ0n) is 12.1. The molecule has 1 aliphatic rings. The van der Waals surface area contributed by atoms with Crippen molar-refractivity contribution in [3.63, 3.8) is 0 Å². The predicted octanol–water partition coefficient (Wildman–Crippen LogP) is 1.42. The van der Waals surface area contributed by atoms with Gasteiger partial charge in [0.25, 0.3) is 0 Å². The summed E-state index contributed by atoms with van der Waals surface area (Å²) in [5.41, 5.74) is 2.25. The lowest BCUT2D eigenvalue weighted by atomic mass is 10.2. The molecule has 7 heteroatoms. The van der Waals surface area contributed by atoms with Crippen molar-refractivity contribution in [1.29, 1.82) is 0 Å². The van der Waals surface area contributed by atoms with Crippen LogP contribution in [0.4, 0.5) is 5.69 Å². The number of benzene rings is 1. The maximum absolute atomic E-state index is 11.5. The normalized spacial score (nSPS) is 17.9. The largest absolute Gasteiger partial charge is 0.383 e. The van der Waals surface area contributed by atoms with Crippen LogP contribution in [0.3, 0.4) is 0 Å². The number of hydrogen-bond donors (Lipinski definition) is 1. The molecule has 1 aromatic carbocycles. The molecule has 2 rings (SSSR count). The van der Waals surface area contributed by atoms with Gasteiger partial charge in [0.2, 0.25) is 0 Å². The minimum absolute atomic E-state index is 0.241. The van der Waals surface area contributed by atoms with Crippen molar-refractivity contribution in [3.8, 4) is 0 Å². The van der Waals surface area contributed by atoms with E-state index >= 15 is 0 Å². The van der Waals surface area contributed by atoms with Gasteiger partial charge in [-0.3, -0.25) is 0 Å². The van der Waals surface area contributed by atoms with E-state index < -0.39 is 9.84 Å². The lowest BCUT2D eigenvalue weighted by Gasteiger charge is -2.29. The lowest BCUT2D eigenvalue weighted by molar-refractivity contribution is 0.199. The van der Waals surface area contributed by atoms with Gasteiger partial charge in [0.1, 0.15) is 0 Å². The lowest BCUT2D eigenvalue weighted by Crippen LogP contribution is -2.40. The van der Waals surface area contributed by atoms with Gasteiger partial charge in [-0.05, 0) is 17.7 Å². The van der Waals surface area contributed by atoms with Crippen LogP contribution in [-0.2, 0) is 21.1 Å². The van der Waals surface area contributed by atoms with Crippen LogP contribution in [0.15, 0.2) is 22.7 Å². The number of methoxy groups -OCH3 is 1. The van der Waals surface area contributed by atoms with E-state index in [0.717, 1.165) is 23.2 Å². The van der Waals surface area contributed by atoms with E-state index in [-0.39, 0.29) is 11.5 Å². The Bertz CT molecular complexity index is 564. The minimum atomic E-state index is -2.83. The second-order valence-electron chi connectivity index (χ2n) is 5.08. The van der Waals surface area contributed by atoms with Crippen molar-refractivity contribution in [2.45, 2.75) is 6.54 Å². The van der Waals surface area contributed by atoms with E-state index in [1.807, 2.05) is 0 Å². The van der Waals surface area contributed by atoms with Gasteiger partial charge >= 0.3 is 0 Å². The minimum Gasteiger partial charge on any atom is -0.383 e.